The molecule has 0 amide bonds. The Morgan fingerprint density at radius 1 is 1.24 bits per heavy atom. The van der Waals surface area contributed by atoms with E-state index in [-0.39, 0.29) is 12.1 Å². The van der Waals surface area contributed by atoms with Crippen molar-refractivity contribution >= 4 is 10.2 Å². The minimum atomic E-state index is -3.58. The fraction of sp³-hybridized carbons (Fsp3) is 0.471. The van der Waals surface area contributed by atoms with Crippen LogP contribution < -0.4 is 4.72 Å². The summed E-state index contributed by atoms with van der Waals surface area (Å²) in [7, 11) is -1.91. The molecule has 1 fully saturated rings. The summed E-state index contributed by atoms with van der Waals surface area (Å²) in [4.78, 5) is 0. The molecule has 0 spiro atoms. The van der Waals surface area contributed by atoms with Crippen molar-refractivity contribution < 1.29 is 13.2 Å². The van der Waals surface area contributed by atoms with Gasteiger partial charge in [-0.15, -0.1) is 0 Å². The van der Waals surface area contributed by atoms with Crippen molar-refractivity contribution in [2.24, 2.45) is 0 Å². The number of ether oxygens (including phenoxy) is 1. The summed E-state index contributed by atoms with van der Waals surface area (Å²) in [5.74, 6) is 0. The van der Waals surface area contributed by atoms with Gasteiger partial charge in [0.1, 0.15) is 0 Å². The summed E-state index contributed by atoms with van der Waals surface area (Å²) in [6, 6.07) is 11.0. The highest BCUT2D eigenvalue weighted by atomic mass is 32.2. The van der Waals surface area contributed by atoms with E-state index < -0.39 is 10.2 Å². The second-order valence-electron chi connectivity index (χ2n) is 6.15. The van der Waals surface area contributed by atoms with Gasteiger partial charge in [0.15, 0.2) is 0 Å². The van der Waals surface area contributed by atoms with Crippen LogP contribution >= 0.6 is 0 Å². The Bertz CT molecular complexity index is 741. The number of nitrogens with zero attached hydrogens (tertiary/aromatic N) is 3. The number of nitrogens with one attached hydrogen (secondary N) is 1. The highest BCUT2D eigenvalue weighted by Crippen LogP contribution is 2.20. The van der Waals surface area contributed by atoms with Crippen LogP contribution in [0.1, 0.15) is 24.4 Å². The minimum absolute atomic E-state index is 0.139. The van der Waals surface area contributed by atoms with Gasteiger partial charge >= 0.3 is 0 Å². The monoisotopic (exact) mass is 364 g/mol. The van der Waals surface area contributed by atoms with Gasteiger partial charge in [0.2, 0.25) is 0 Å². The number of hydrogen-bond acceptors (Lipinski definition) is 4. The van der Waals surface area contributed by atoms with Gasteiger partial charge in [-0.1, -0.05) is 30.3 Å². The number of rotatable bonds is 7. The minimum Gasteiger partial charge on any atom is -0.381 e. The lowest BCUT2D eigenvalue weighted by Crippen LogP contribution is -2.47. The molecule has 1 atom stereocenters. The second kappa shape index (κ2) is 8.09. The maximum absolute atomic E-state index is 12.8. The van der Waals surface area contributed by atoms with E-state index in [9.17, 15) is 8.42 Å². The summed E-state index contributed by atoms with van der Waals surface area (Å²) < 4.78 is 37.1. The van der Waals surface area contributed by atoms with Gasteiger partial charge in [0.05, 0.1) is 18.7 Å². The molecule has 7 nitrogen and oxygen atoms in total. The SMILES string of the molecule is COC1CCN(S(=O)(=O)N[C@@H](Cn2cccn2)c2ccccc2)CC1. The second-order valence-corrected chi connectivity index (χ2v) is 7.85. The van der Waals surface area contributed by atoms with Gasteiger partial charge < -0.3 is 4.74 Å². The molecule has 2 heterocycles. The first kappa shape index (κ1) is 18.1. The molecule has 1 aromatic heterocycles. The van der Waals surface area contributed by atoms with Crippen molar-refractivity contribution in [2.45, 2.75) is 31.5 Å². The molecule has 2 aromatic rings. The summed E-state index contributed by atoms with van der Waals surface area (Å²) >= 11 is 0. The molecular weight excluding hydrogens is 340 g/mol. The van der Waals surface area contributed by atoms with E-state index >= 15 is 0 Å². The highest BCUT2D eigenvalue weighted by Gasteiger charge is 2.30. The van der Waals surface area contributed by atoms with E-state index in [4.69, 9.17) is 4.74 Å². The van der Waals surface area contributed by atoms with Crippen LogP contribution in [-0.4, -0.2) is 48.8 Å². The van der Waals surface area contributed by atoms with Crippen LogP contribution in [0.5, 0.6) is 0 Å². The van der Waals surface area contributed by atoms with Crippen LogP contribution in [0.15, 0.2) is 48.8 Å². The maximum atomic E-state index is 12.8. The predicted molar refractivity (Wildman–Crippen MR) is 95.1 cm³/mol. The van der Waals surface area contributed by atoms with Crippen molar-refractivity contribution in [2.75, 3.05) is 20.2 Å². The molecule has 136 valence electrons. The lowest BCUT2D eigenvalue weighted by molar-refractivity contribution is 0.0601. The van der Waals surface area contributed by atoms with Gasteiger partial charge in [0.25, 0.3) is 10.2 Å². The fourth-order valence-electron chi connectivity index (χ4n) is 3.05. The molecule has 0 unspecified atom stereocenters. The van der Waals surface area contributed by atoms with Crippen LogP contribution in [0, 0.1) is 0 Å². The number of piperidine rings is 1. The standard InChI is InChI=1S/C17H24N4O3S/c1-24-16-8-12-21(13-9-16)25(22,23)19-17(14-20-11-5-10-18-20)15-6-3-2-4-7-15/h2-7,10-11,16-17,19H,8-9,12-14H2,1H3/t17-/m0/s1. The van der Waals surface area contributed by atoms with Gasteiger partial charge in [-0.2, -0.15) is 22.5 Å². The number of benzene rings is 1. The molecule has 1 aliphatic heterocycles. The zero-order chi connectivity index (χ0) is 17.7. The first-order chi connectivity index (χ1) is 12.1. The molecule has 0 radical (unpaired) electrons. The first-order valence-electron chi connectivity index (χ1n) is 8.41. The molecule has 0 aliphatic carbocycles. The van der Waals surface area contributed by atoms with Gasteiger partial charge in [-0.3, -0.25) is 4.68 Å². The maximum Gasteiger partial charge on any atom is 0.280 e. The topological polar surface area (TPSA) is 76.5 Å². The van der Waals surface area contributed by atoms with Crippen molar-refractivity contribution in [3.8, 4) is 0 Å². The number of aromatic nitrogens is 2. The Kier molecular flexibility index (Phi) is 5.85. The van der Waals surface area contributed by atoms with E-state index in [2.05, 4.69) is 9.82 Å². The molecule has 1 saturated heterocycles. The summed E-state index contributed by atoms with van der Waals surface area (Å²) in [6.45, 7) is 1.37. The van der Waals surface area contributed by atoms with E-state index in [1.165, 1.54) is 4.31 Å². The van der Waals surface area contributed by atoms with Crippen LogP contribution in [0.2, 0.25) is 0 Å². The zero-order valence-corrected chi connectivity index (χ0v) is 15.1. The molecule has 1 N–H and O–H groups in total. The lowest BCUT2D eigenvalue weighted by atomic mass is 10.1. The molecule has 3 rings (SSSR count). The quantitative estimate of drug-likeness (QED) is 0.809. The summed E-state index contributed by atoms with van der Waals surface area (Å²) in [5.41, 5.74) is 0.911. The van der Waals surface area contributed by atoms with Crippen LogP contribution in [0.3, 0.4) is 0 Å². The largest absolute Gasteiger partial charge is 0.381 e. The molecule has 0 bridgehead atoms. The summed E-state index contributed by atoms with van der Waals surface area (Å²) in [5, 5.41) is 4.20. The third kappa shape index (κ3) is 4.66. The summed E-state index contributed by atoms with van der Waals surface area (Å²) in [6.07, 6.45) is 5.08. The van der Waals surface area contributed by atoms with Crippen molar-refractivity contribution in [3.05, 3.63) is 54.4 Å². The third-order valence-corrected chi connectivity index (χ3v) is 6.12. The molecule has 8 heteroatoms. The zero-order valence-electron chi connectivity index (χ0n) is 14.3. The fourth-order valence-corrected chi connectivity index (χ4v) is 4.46. The Hall–Kier alpha value is -1.74. The van der Waals surface area contributed by atoms with Crippen molar-refractivity contribution in [1.82, 2.24) is 18.8 Å². The van der Waals surface area contributed by atoms with Gasteiger partial charge in [-0.25, -0.2) is 0 Å². The number of hydrogen-bond donors (Lipinski definition) is 1. The van der Waals surface area contributed by atoms with Gasteiger partial charge in [0, 0.05) is 32.6 Å². The normalized spacial score (nSPS) is 18.3. The highest BCUT2D eigenvalue weighted by molar-refractivity contribution is 7.87. The van der Waals surface area contributed by atoms with E-state index in [1.54, 1.807) is 18.0 Å². The number of methoxy groups -OCH3 is 1. The average molecular weight is 364 g/mol. The predicted octanol–water partition coefficient (Wildman–Crippen LogP) is 1.57. The van der Waals surface area contributed by atoms with E-state index in [0.717, 1.165) is 5.56 Å². The Morgan fingerprint density at radius 3 is 2.56 bits per heavy atom. The molecule has 1 aliphatic rings. The van der Waals surface area contributed by atoms with Crippen LogP contribution in [-0.2, 0) is 21.5 Å². The molecule has 1 aromatic carbocycles. The Morgan fingerprint density at radius 2 is 1.96 bits per heavy atom. The molecular formula is C17H24N4O3S. The smallest absolute Gasteiger partial charge is 0.280 e. The van der Waals surface area contributed by atoms with E-state index in [0.29, 0.717) is 32.5 Å². The van der Waals surface area contributed by atoms with E-state index in [1.807, 2.05) is 42.6 Å². The first-order valence-corrected chi connectivity index (χ1v) is 9.85. The third-order valence-electron chi connectivity index (χ3n) is 4.50. The Balaban J connectivity index is 1.75. The van der Waals surface area contributed by atoms with Crippen molar-refractivity contribution in [1.29, 1.82) is 0 Å². The lowest BCUT2D eigenvalue weighted by Gasteiger charge is -2.32. The van der Waals surface area contributed by atoms with Crippen LogP contribution in [0.4, 0.5) is 0 Å². The van der Waals surface area contributed by atoms with Crippen molar-refractivity contribution in [3.63, 3.8) is 0 Å². The Labute approximate surface area is 148 Å². The molecule has 0 saturated carbocycles. The van der Waals surface area contributed by atoms with Crippen LogP contribution in [0.25, 0.3) is 0 Å². The molecule has 25 heavy (non-hydrogen) atoms. The van der Waals surface area contributed by atoms with Gasteiger partial charge in [-0.05, 0) is 24.5 Å². The average Bonchev–Trinajstić information content (AvgIpc) is 3.15.